The SMILES string of the molecule is CCCOc1ncnc(Oc2c(Oc3ccccc3S(=O)(=O)c3ccc(O)cc3)cccc2S(=O)(=O)c2ccccc2)n1. The quantitative estimate of drug-likeness (QED) is 0.196. The van der Waals surface area contributed by atoms with E-state index in [0.717, 1.165) is 6.33 Å². The molecule has 4 aromatic carbocycles. The lowest BCUT2D eigenvalue weighted by Crippen LogP contribution is -2.08. The molecule has 0 atom stereocenters. The van der Waals surface area contributed by atoms with E-state index in [1.807, 2.05) is 6.92 Å². The Morgan fingerprint density at radius 1 is 0.651 bits per heavy atom. The largest absolute Gasteiger partial charge is 0.508 e. The van der Waals surface area contributed by atoms with E-state index in [0.29, 0.717) is 13.0 Å². The van der Waals surface area contributed by atoms with E-state index in [2.05, 4.69) is 15.0 Å². The van der Waals surface area contributed by atoms with Gasteiger partial charge in [-0.1, -0.05) is 43.3 Å². The number of hydrogen-bond donors (Lipinski definition) is 1. The first-order valence-corrected chi connectivity index (χ1v) is 15.9. The highest BCUT2D eigenvalue weighted by Crippen LogP contribution is 2.43. The number of hydrogen-bond acceptors (Lipinski definition) is 11. The van der Waals surface area contributed by atoms with Crippen molar-refractivity contribution in [2.45, 2.75) is 32.9 Å². The van der Waals surface area contributed by atoms with E-state index in [4.69, 9.17) is 14.2 Å². The Labute approximate surface area is 248 Å². The second kappa shape index (κ2) is 12.5. The Hall–Kier alpha value is -5.01. The molecule has 5 rings (SSSR count). The van der Waals surface area contributed by atoms with Crippen LogP contribution in [0.2, 0.25) is 0 Å². The number of nitrogens with zero attached hydrogens (tertiary/aromatic N) is 3. The molecule has 11 nitrogen and oxygen atoms in total. The van der Waals surface area contributed by atoms with Crippen molar-refractivity contribution in [2.75, 3.05) is 6.61 Å². The Balaban J connectivity index is 1.63. The van der Waals surface area contributed by atoms with Crippen molar-refractivity contribution in [1.29, 1.82) is 0 Å². The highest BCUT2D eigenvalue weighted by Gasteiger charge is 2.28. The van der Waals surface area contributed by atoms with E-state index in [9.17, 15) is 21.9 Å². The lowest BCUT2D eigenvalue weighted by Gasteiger charge is -2.17. The van der Waals surface area contributed by atoms with Gasteiger partial charge >= 0.3 is 12.0 Å². The van der Waals surface area contributed by atoms with Crippen molar-refractivity contribution in [3.05, 3.63) is 103 Å². The summed E-state index contributed by atoms with van der Waals surface area (Å²) in [5.41, 5.74) is 0. The van der Waals surface area contributed by atoms with Crippen LogP contribution in [0.5, 0.6) is 35.0 Å². The molecule has 0 aliphatic carbocycles. The van der Waals surface area contributed by atoms with E-state index >= 15 is 0 Å². The Bertz CT molecular complexity index is 1950. The maximum absolute atomic E-state index is 13.8. The van der Waals surface area contributed by atoms with Gasteiger partial charge in [0.05, 0.1) is 16.4 Å². The molecule has 0 bridgehead atoms. The molecule has 0 aliphatic heterocycles. The molecule has 1 aromatic heterocycles. The standard InChI is InChI=1S/C30H25N3O8S2/c1-2-19-39-29-31-20-32-30(33-29)41-28-25(12-8-14-27(28)43(37,38)22-9-4-3-5-10-22)40-24-11-6-7-13-26(24)42(35,36)23-17-15-21(34)16-18-23/h3-18,20,34H,2,19H2,1H3. The smallest absolute Gasteiger partial charge is 0.328 e. The third-order valence-corrected chi connectivity index (χ3v) is 9.55. The predicted molar refractivity (Wildman–Crippen MR) is 154 cm³/mol. The van der Waals surface area contributed by atoms with Gasteiger partial charge in [0, 0.05) is 0 Å². The molecule has 220 valence electrons. The fourth-order valence-corrected chi connectivity index (χ4v) is 6.71. The second-order valence-electron chi connectivity index (χ2n) is 8.95. The van der Waals surface area contributed by atoms with Crippen molar-refractivity contribution in [3.63, 3.8) is 0 Å². The van der Waals surface area contributed by atoms with Crippen LogP contribution in [0.4, 0.5) is 0 Å². The van der Waals surface area contributed by atoms with E-state index in [-0.39, 0.29) is 54.6 Å². The maximum atomic E-state index is 13.8. The van der Waals surface area contributed by atoms with Crippen LogP contribution >= 0.6 is 0 Å². The molecule has 5 aromatic rings. The molecular weight excluding hydrogens is 594 g/mol. The number of rotatable bonds is 11. The minimum absolute atomic E-state index is 0.00470. The molecule has 0 saturated carbocycles. The molecule has 43 heavy (non-hydrogen) atoms. The number of para-hydroxylation sites is 2. The number of ether oxygens (including phenoxy) is 3. The molecular formula is C30H25N3O8S2. The van der Waals surface area contributed by atoms with Gasteiger partial charge in [-0.25, -0.2) is 16.8 Å². The summed E-state index contributed by atoms with van der Waals surface area (Å²) < 4.78 is 72.1. The molecule has 1 N–H and O–H groups in total. The lowest BCUT2D eigenvalue weighted by atomic mass is 10.3. The minimum Gasteiger partial charge on any atom is -0.508 e. The zero-order chi connectivity index (χ0) is 30.5. The van der Waals surface area contributed by atoms with Gasteiger partial charge < -0.3 is 19.3 Å². The Morgan fingerprint density at radius 2 is 1.26 bits per heavy atom. The average Bonchev–Trinajstić information content (AvgIpc) is 3.02. The first-order valence-electron chi connectivity index (χ1n) is 12.9. The van der Waals surface area contributed by atoms with E-state index in [1.54, 1.807) is 24.3 Å². The van der Waals surface area contributed by atoms with Crippen molar-refractivity contribution < 1.29 is 36.2 Å². The molecule has 0 spiro atoms. The van der Waals surface area contributed by atoms with Gasteiger partial charge in [-0.15, -0.1) is 4.98 Å². The van der Waals surface area contributed by atoms with Gasteiger partial charge in [0.25, 0.3) is 0 Å². The van der Waals surface area contributed by atoms with Crippen LogP contribution in [-0.4, -0.2) is 43.5 Å². The summed E-state index contributed by atoms with van der Waals surface area (Å²) in [4.78, 5) is 11.5. The zero-order valence-corrected chi connectivity index (χ0v) is 24.3. The van der Waals surface area contributed by atoms with Gasteiger partial charge in [0.1, 0.15) is 27.6 Å². The molecule has 0 unspecified atom stereocenters. The van der Waals surface area contributed by atoms with Gasteiger partial charge in [-0.3, -0.25) is 0 Å². The summed E-state index contributed by atoms with van der Waals surface area (Å²) in [6.45, 7) is 2.25. The van der Waals surface area contributed by atoms with Crippen molar-refractivity contribution >= 4 is 19.7 Å². The maximum Gasteiger partial charge on any atom is 0.328 e. The van der Waals surface area contributed by atoms with Crippen LogP contribution < -0.4 is 14.2 Å². The van der Waals surface area contributed by atoms with Crippen molar-refractivity contribution in [2.24, 2.45) is 0 Å². The second-order valence-corrected chi connectivity index (χ2v) is 12.8. The molecule has 0 amide bonds. The highest BCUT2D eigenvalue weighted by molar-refractivity contribution is 7.92. The number of aromatic hydroxyl groups is 1. The van der Waals surface area contributed by atoms with Crippen LogP contribution in [-0.2, 0) is 19.7 Å². The van der Waals surface area contributed by atoms with Crippen LogP contribution in [0.25, 0.3) is 0 Å². The van der Waals surface area contributed by atoms with E-state index in [1.165, 1.54) is 72.8 Å². The van der Waals surface area contributed by atoms with Crippen molar-refractivity contribution in [1.82, 2.24) is 15.0 Å². The monoisotopic (exact) mass is 619 g/mol. The van der Waals surface area contributed by atoms with Crippen LogP contribution in [0, 0.1) is 0 Å². The Morgan fingerprint density at radius 3 is 2.00 bits per heavy atom. The van der Waals surface area contributed by atoms with Crippen LogP contribution in [0.3, 0.4) is 0 Å². The molecule has 0 fully saturated rings. The number of benzene rings is 4. The number of aromatic nitrogens is 3. The summed E-state index contributed by atoms with van der Waals surface area (Å²) in [6.07, 6.45) is 1.85. The average molecular weight is 620 g/mol. The topological polar surface area (TPSA) is 155 Å². The Kier molecular flexibility index (Phi) is 8.55. The van der Waals surface area contributed by atoms with E-state index < -0.39 is 19.7 Å². The molecule has 0 radical (unpaired) electrons. The predicted octanol–water partition coefficient (Wildman–Crippen LogP) is 5.62. The summed E-state index contributed by atoms with van der Waals surface area (Å²) in [6, 6.07) is 22.6. The zero-order valence-electron chi connectivity index (χ0n) is 22.7. The lowest BCUT2D eigenvalue weighted by molar-refractivity contribution is 0.283. The fraction of sp³-hybridized carbons (Fsp3) is 0.100. The van der Waals surface area contributed by atoms with Gasteiger partial charge in [-0.05, 0) is 67.1 Å². The first kappa shape index (κ1) is 29.5. The highest BCUT2D eigenvalue weighted by atomic mass is 32.2. The summed E-state index contributed by atoms with van der Waals surface area (Å²) in [5, 5.41) is 9.62. The number of sulfone groups is 2. The molecule has 0 saturated heterocycles. The summed E-state index contributed by atoms with van der Waals surface area (Å²) in [7, 11) is -8.28. The van der Waals surface area contributed by atoms with Gasteiger partial charge in [0.2, 0.25) is 19.7 Å². The first-order chi connectivity index (χ1) is 20.7. The summed E-state index contributed by atoms with van der Waals surface area (Å²) >= 11 is 0. The third kappa shape index (κ3) is 6.42. The fourth-order valence-electron chi connectivity index (χ4n) is 3.91. The minimum atomic E-state index is -4.16. The normalized spacial score (nSPS) is 11.6. The van der Waals surface area contributed by atoms with Crippen molar-refractivity contribution in [3.8, 4) is 35.0 Å². The van der Waals surface area contributed by atoms with Crippen LogP contribution in [0.1, 0.15) is 13.3 Å². The van der Waals surface area contributed by atoms with Gasteiger partial charge in [0.15, 0.2) is 11.5 Å². The summed E-state index contributed by atoms with van der Waals surface area (Å²) in [5.74, 6) is -0.599. The molecule has 0 aliphatic rings. The molecule has 13 heteroatoms. The number of phenols is 1. The molecule has 1 heterocycles. The van der Waals surface area contributed by atoms with Crippen LogP contribution in [0.15, 0.2) is 123 Å². The third-order valence-electron chi connectivity index (χ3n) is 5.95. The van der Waals surface area contributed by atoms with Gasteiger partial charge in [-0.2, -0.15) is 9.97 Å². The number of phenolic OH excluding ortho intramolecular Hbond substituents is 1.